The Morgan fingerprint density at radius 3 is 2.97 bits per heavy atom. The quantitative estimate of drug-likeness (QED) is 0.831. The van der Waals surface area contributed by atoms with E-state index >= 15 is 0 Å². The fraction of sp³-hybridized carbons (Fsp3) is 0.391. The number of carbonyl (C=O) groups excluding carboxylic acids is 2. The van der Waals surface area contributed by atoms with Crippen LogP contribution in [0.15, 0.2) is 53.1 Å². The van der Waals surface area contributed by atoms with Crippen LogP contribution in [-0.2, 0) is 4.79 Å². The Kier molecular flexibility index (Phi) is 4.40. The van der Waals surface area contributed by atoms with E-state index in [0.29, 0.717) is 29.7 Å². The first-order valence-electron chi connectivity index (χ1n) is 10.2. The molecular formula is C23H22N4O2. The zero-order valence-corrected chi connectivity index (χ0v) is 16.0. The maximum Gasteiger partial charge on any atom is 0.277 e. The van der Waals surface area contributed by atoms with Crippen molar-refractivity contribution >= 4 is 17.5 Å². The molecule has 1 aromatic rings. The first-order valence-corrected chi connectivity index (χ1v) is 10.2. The Morgan fingerprint density at radius 1 is 1.34 bits per heavy atom. The molecule has 5 rings (SSSR count). The van der Waals surface area contributed by atoms with E-state index in [1.54, 1.807) is 6.07 Å². The third-order valence-corrected chi connectivity index (χ3v) is 6.47. The van der Waals surface area contributed by atoms with Crippen molar-refractivity contribution in [2.45, 2.75) is 49.7 Å². The lowest BCUT2D eigenvalue weighted by molar-refractivity contribution is -0.124. The van der Waals surface area contributed by atoms with Crippen LogP contribution in [0.2, 0.25) is 0 Å². The summed E-state index contributed by atoms with van der Waals surface area (Å²) >= 11 is 0. The van der Waals surface area contributed by atoms with Crippen LogP contribution < -0.4 is 10.6 Å². The molecule has 4 aliphatic rings. The van der Waals surface area contributed by atoms with Crippen molar-refractivity contribution in [2.75, 3.05) is 0 Å². The maximum atomic E-state index is 12.6. The van der Waals surface area contributed by atoms with Crippen LogP contribution in [0.3, 0.4) is 0 Å². The van der Waals surface area contributed by atoms with Gasteiger partial charge in [-0.1, -0.05) is 30.4 Å². The molecule has 0 radical (unpaired) electrons. The molecule has 146 valence electrons. The summed E-state index contributed by atoms with van der Waals surface area (Å²) in [7, 11) is 0. The highest BCUT2D eigenvalue weighted by Gasteiger charge is 2.43. The summed E-state index contributed by atoms with van der Waals surface area (Å²) in [6.07, 6.45) is 9.54. The van der Waals surface area contributed by atoms with E-state index in [1.165, 1.54) is 0 Å². The Balaban J connectivity index is 1.28. The predicted molar refractivity (Wildman–Crippen MR) is 108 cm³/mol. The van der Waals surface area contributed by atoms with Gasteiger partial charge >= 0.3 is 0 Å². The molecule has 0 aromatic heterocycles. The largest absolute Gasteiger partial charge is 0.339 e. The van der Waals surface area contributed by atoms with Gasteiger partial charge in [-0.3, -0.25) is 9.59 Å². The first-order chi connectivity index (χ1) is 14.1. The summed E-state index contributed by atoms with van der Waals surface area (Å²) in [5, 5.41) is 15.8. The molecule has 2 unspecified atom stereocenters. The van der Waals surface area contributed by atoms with E-state index < -0.39 is 6.04 Å². The van der Waals surface area contributed by atoms with Crippen LogP contribution in [0.1, 0.15) is 47.5 Å². The van der Waals surface area contributed by atoms with Crippen LogP contribution in [0.4, 0.5) is 0 Å². The van der Waals surface area contributed by atoms with Crippen LogP contribution in [0.5, 0.6) is 0 Å². The zero-order valence-electron chi connectivity index (χ0n) is 16.0. The molecule has 1 saturated heterocycles. The summed E-state index contributed by atoms with van der Waals surface area (Å²) in [6.45, 7) is 0. The molecule has 2 bridgehead atoms. The van der Waals surface area contributed by atoms with Crippen molar-refractivity contribution < 1.29 is 9.59 Å². The number of nitriles is 1. The Bertz CT molecular complexity index is 1020. The zero-order chi connectivity index (χ0) is 20.0. The lowest BCUT2D eigenvalue weighted by Gasteiger charge is -2.26. The van der Waals surface area contributed by atoms with Gasteiger partial charge in [0.2, 0.25) is 5.91 Å². The minimum Gasteiger partial charge on any atom is -0.339 e. The van der Waals surface area contributed by atoms with Crippen LogP contribution >= 0.6 is 0 Å². The molecular weight excluding hydrogens is 364 g/mol. The highest BCUT2D eigenvalue weighted by molar-refractivity contribution is 6.16. The van der Waals surface area contributed by atoms with Crippen molar-refractivity contribution in [3.8, 4) is 6.07 Å². The molecule has 2 amide bonds. The van der Waals surface area contributed by atoms with Gasteiger partial charge in [0.25, 0.3) is 5.91 Å². The number of hydrogen-bond acceptors (Lipinski definition) is 4. The van der Waals surface area contributed by atoms with Crippen molar-refractivity contribution in [3.63, 3.8) is 0 Å². The van der Waals surface area contributed by atoms with Crippen molar-refractivity contribution in [1.29, 1.82) is 5.26 Å². The Hall–Kier alpha value is -3.04. The van der Waals surface area contributed by atoms with Crippen LogP contribution in [0.25, 0.3) is 0 Å². The standard InChI is InChI=1S/C23H22N4O2/c24-12-16(26-23(29)21-14-6-7-15(11-14)25-21)9-13-5-8-18-17-3-1-2-4-19(17)22(28)27-20(18)10-13/h1-5,8,10,14-16,18,21,25H,6-7,9,11H2,(H,26,29)/t14-,15+,16?,18?,21-/m0/s1. The number of fused-ring (bicyclic) bond motifs is 5. The van der Waals surface area contributed by atoms with Crippen molar-refractivity contribution in [1.82, 2.24) is 10.6 Å². The predicted octanol–water partition coefficient (Wildman–Crippen LogP) is 2.40. The van der Waals surface area contributed by atoms with Gasteiger partial charge in [0.05, 0.1) is 17.8 Å². The molecule has 6 nitrogen and oxygen atoms in total. The Labute approximate surface area is 169 Å². The van der Waals surface area contributed by atoms with Gasteiger partial charge in [-0.25, -0.2) is 4.99 Å². The van der Waals surface area contributed by atoms with Gasteiger partial charge in [0.15, 0.2) is 0 Å². The van der Waals surface area contributed by atoms with Gasteiger partial charge in [0, 0.05) is 23.9 Å². The molecule has 2 aliphatic heterocycles. The van der Waals surface area contributed by atoms with Crippen molar-refractivity contribution in [3.05, 3.63) is 59.2 Å². The van der Waals surface area contributed by atoms with Crippen LogP contribution in [-0.4, -0.2) is 35.7 Å². The van der Waals surface area contributed by atoms with E-state index in [-0.39, 0.29) is 23.8 Å². The number of allylic oxidation sites excluding steroid dienone is 3. The van der Waals surface area contributed by atoms with Gasteiger partial charge in [-0.15, -0.1) is 0 Å². The molecule has 2 N–H and O–H groups in total. The SMILES string of the molecule is N#CC(CC1=CC2=NC(=O)c3ccccc3C2C=C1)NC(=O)[C@H]1N[C@@H]2CC[C@H]1C2. The highest BCUT2D eigenvalue weighted by Crippen LogP contribution is 2.35. The number of amides is 2. The lowest BCUT2D eigenvalue weighted by Crippen LogP contribution is -2.50. The summed E-state index contributed by atoms with van der Waals surface area (Å²) in [6, 6.07) is 9.39. The number of benzene rings is 1. The molecule has 2 heterocycles. The molecule has 2 aliphatic carbocycles. The van der Waals surface area contributed by atoms with Gasteiger partial charge in [-0.2, -0.15) is 5.26 Å². The number of hydrogen-bond donors (Lipinski definition) is 2. The van der Waals surface area contributed by atoms with Gasteiger partial charge in [0.1, 0.15) is 6.04 Å². The second kappa shape index (κ2) is 7.09. The fourth-order valence-corrected chi connectivity index (χ4v) is 5.05. The lowest BCUT2D eigenvalue weighted by atomic mass is 9.82. The number of carbonyl (C=O) groups is 2. The number of piperidine rings is 1. The van der Waals surface area contributed by atoms with E-state index in [0.717, 1.165) is 30.4 Å². The summed E-state index contributed by atoms with van der Waals surface area (Å²) < 4.78 is 0. The topological polar surface area (TPSA) is 94.3 Å². The number of aliphatic imine (C=N–C) groups is 1. The van der Waals surface area contributed by atoms with Gasteiger partial charge < -0.3 is 10.6 Å². The average molecular weight is 386 g/mol. The molecule has 5 atom stereocenters. The molecule has 6 heteroatoms. The van der Waals surface area contributed by atoms with Crippen molar-refractivity contribution in [2.24, 2.45) is 10.9 Å². The normalized spacial score (nSPS) is 30.0. The molecule has 1 aromatic carbocycles. The molecule has 2 fully saturated rings. The minimum atomic E-state index is -0.608. The average Bonchev–Trinajstić information content (AvgIpc) is 3.37. The van der Waals surface area contributed by atoms with E-state index in [1.807, 2.05) is 36.4 Å². The highest BCUT2D eigenvalue weighted by atomic mass is 16.2. The Morgan fingerprint density at radius 2 is 2.21 bits per heavy atom. The second-order valence-corrected chi connectivity index (χ2v) is 8.29. The number of nitrogens with zero attached hydrogens (tertiary/aromatic N) is 2. The summed E-state index contributed by atoms with van der Waals surface area (Å²) in [4.78, 5) is 29.2. The van der Waals surface area contributed by atoms with E-state index in [9.17, 15) is 14.9 Å². The van der Waals surface area contributed by atoms with Crippen LogP contribution in [0, 0.1) is 17.2 Å². The molecule has 29 heavy (non-hydrogen) atoms. The third-order valence-electron chi connectivity index (χ3n) is 6.47. The number of nitrogens with one attached hydrogen (secondary N) is 2. The van der Waals surface area contributed by atoms with E-state index in [4.69, 9.17) is 0 Å². The minimum absolute atomic E-state index is 0.0407. The molecule has 1 saturated carbocycles. The first kappa shape index (κ1) is 18.0. The van der Waals surface area contributed by atoms with Gasteiger partial charge in [-0.05, 0) is 48.5 Å². The third kappa shape index (κ3) is 3.22. The smallest absolute Gasteiger partial charge is 0.277 e. The molecule has 0 spiro atoms. The summed E-state index contributed by atoms with van der Waals surface area (Å²) in [5.41, 5.74) is 3.19. The second-order valence-electron chi connectivity index (χ2n) is 8.29. The maximum absolute atomic E-state index is 12.6. The fourth-order valence-electron chi connectivity index (χ4n) is 5.05. The van der Waals surface area contributed by atoms with E-state index in [2.05, 4.69) is 21.7 Å². The summed E-state index contributed by atoms with van der Waals surface area (Å²) in [5.74, 6) is 0.0314. The monoisotopic (exact) mass is 386 g/mol. The number of rotatable bonds is 4.